The lowest BCUT2D eigenvalue weighted by Gasteiger charge is -2.08. The van der Waals surface area contributed by atoms with Crippen molar-refractivity contribution in [2.45, 2.75) is 20.4 Å². The van der Waals surface area contributed by atoms with Crippen molar-refractivity contribution in [1.29, 1.82) is 0 Å². The molecule has 3 aromatic rings. The molecule has 0 aliphatic heterocycles. The van der Waals surface area contributed by atoms with Crippen LogP contribution in [-0.4, -0.2) is 33.0 Å². The van der Waals surface area contributed by atoms with Gasteiger partial charge >= 0.3 is 5.97 Å². The number of carbonyl (C=O) groups excluding carboxylic acids is 1. The minimum atomic E-state index is -0.426. The summed E-state index contributed by atoms with van der Waals surface area (Å²) in [4.78, 5) is 17.2. The molecule has 1 aromatic carbocycles. The van der Waals surface area contributed by atoms with Crippen molar-refractivity contribution in [2.75, 3.05) is 17.7 Å². The zero-order chi connectivity index (χ0) is 20.3. The molecule has 7 nitrogen and oxygen atoms in total. The number of esters is 1. The van der Waals surface area contributed by atoms with Gasteiger partial charge in [0.1, 0.15) is 17.1 Å². The monoisotopic (exact) mass is 419 g/mol. The first-order valence-electron chi connectivity index (χ1n) is 8.27. The first-order chi connectivity index (χ1) is 13.4. The van der Waals surface area contributed by atoms with Crippen molar-refractivity contribution in [1.82, 2.24) is 14.8 Å². The van der Waals surface area contributed by atoms with Crippen LogP contribution < -0.4 is 10.6 Å². The van der Waals surface area contributed by atoms with Gasteiger partial charge in [-0.1, -0.05) is 12.1 Å². The van der Waals surface area contributed by atoms with Gasteiger partial charge in [-0.05, 0) is 49.3 Å². The number of thiocarbonyl (C=S) groups is 1. The second-order valence-corrected chi connectivity index (χ2v) is 7.59. The Bertz CT molecular complexity index is 1030. The molecule has 0 radical (unpaired) electrons. The van der Waals surface area contributed by atoms with E-state index in [0.717, 1.165) is 16.0 Å². The number of ether oxygens (including phenoxy) is 1. The van der Waals surface area contributed by atoms with Crippen LogP contribution in [0.5, 0.6) is 0 Å². The van der Waals surface area contributed by atoms with Crippen LogP contribution in [0.25, 0.3) is 0 Å². The fraction of sp³-hybridized carbons (Fsp3) is 0.222. The van der Waals surface area contributed by atoms with Crippen LogP contribution in [0.1, 0.15) is 26.4 Å². The van der Waals surface area contributed by atoms with E-state index in [9.17, 15) is 9.18 Å². The minimum absolute atomic E-state index is 0.245. The number of anilines is 2. The Morgan fingerprint density at radius 1 is 1.36 bits per heavy atom. The molecule has 2 N–H and O–H groups in total. The van der Waals surface area contributed by atoms with Gasteiger partial charge in [0.15, 0.2) is 5.11 Å². The molecule has 0 amide bonds. The number of nitrogens with one attached hydrogen (secondary N) is 2. The predicted molar refractivity (Wildman–Crippen MR) is 110 cm³/mol. The summed E-state index contributed by atoms with van der Waals surface area (Å²) in [6.07, 6.45) is 1.52. The highest BCUT2D eigenvalue weighted by Gasteiger charge is 2.21. The van der Waals surface area contributed by atoms with E-state index in [1.807, 2.05) is 13.8 Å². The molecular weight excluding hydrogens is 401 g/mol. The van der Waals surface area contributed by atoms with Gasteiger partial charge in [-0.15, -0.1) is 16.4 Å². The number of thiophene rings is 1. The molecule has 0 unspecified atom stereocenters. The Hall–Kier alpha value is -2.85. The van der Waals surface area contributed by atoms with Crippen LogP contribution in [0.3, 0.4) is 0 Å². The highest BCUT2D eigenvalue weighted by Crippen LogP contribution is 2.33. The van der Waals surface area contributed by atoms with Gasteiger partial charge in [0, 0.05) is 4.88 Å². The molecule has 146 valence electrons. The van der Waals surface area contributed by atoms with E-state index < -0.39 is 5.97 Å². The summed E-state index contributed by atoms with van der Waals surface area (Å²) >= 11 is 6.71. The molecule has 0 spiro atoms. The largest absolute Gasteiger partial charge is 0.465 e. The van der Waals surface area contributed by atoms with E-state index in [4.69, 9.17) is 17.0 Å². The maximum atomic E-state index is 13.3. The van der Waals surface area contributed by atoms with Crippen LogP contribution in [0.2, 0.25) is 0 Å². The lowest BCUT2D eigenvalue weighted by Crippen LogP contribution is -2.21. The van der Waals surface area contributed by atoms with Crippen molar-refractivity contribution in [2.24, 2.45) is 0 Å². The SMILES string of the molecule is COC(=O)c1c(NC(=S)Nc2ncn(Cc3cccc(F)c3)n2)sc(C)c1C. The average Bonchev–Trinajstić information content (AvgIpc) is 3.18. The van der Waals surface area contributed by atoms with Gasteiger partial charge in [-0.3, -0.25) is 5.32 Å². The Balaban J connectivity index is 1.67. The first-order valence-corrected chi connectivity index (χ1v) is 9.50. The minimum Gasteiger partial charge on any atom is -0.465 e. The van der Waals surface area contributed by atoms with Crippen LogP contribution in [-0.2, 0) is 11.3 Å². The van der Waals surface area contributed by atoms with E-state index >= 15 is 0 Å². The van der Waals surface area contributed by atoms with Crippen LogP contribution >= 0.6 is 23.6 Å². The Kier molecular flexibility index (Phi) is 6.00. The molecule has 0 aliphatic rings. The van der Waals surface area contributed by atoms with Gasteiger partial charge in [-0.25, -0.2) is 18.9 Å². The third-order valence-electron chi connectivity index (χ3n) is 4.00. The standard InChI is InChI=1S/C18H18FN5O2S2/c1-10-11(2)28-15(14(10)16(25)26-3)21-18(27)22-17-20-9-24(23-17)8-12-5-4-6-13(19)7-12/h4-7,9H,8H2,1-3H3,(H2,21,22,23,27). The van der Waals surface area contributed by atoms with E-state index in [1.165, 1.54) is 36.9 Å². The van der Waals surface area contributed by atoms with Crippen molar-refractivity contribution in [3.8, 4) is 0 Å². The molecule has 0 saturated carbocycles. The number of rotatable bonds is 5. The zero-order valence-electron chi connectivity index (χ0n) is 15.4. The van der Waals surface area contributed by atoms with Crippen LogP contribution in [0.4, 0.5) is 15.3 Å². The summed E-state index contributed by atoms with van der Waals surface area (Å²) in [5.74, 6) is -0.438. The normalized spacial score (nSPS) is 10.6. The molecule has 0 bridgehead atoms. The number of aromatic nitrogens is 3. The van der Waals surface area contributed by atoms with Crippen LogP contribution in [0, 0.1) is 19.7 Å². The van der Waals surface area contributed by atoms with Crippen molar-refractivity contribution in [3.63, 3.8) is 0 Å². The third kappa shape index (κ3) is 4.52. The average molecular weight is 420 g/mol. The summed E-state index contributed by atoms with van der Waals surface area (Å²) in [7, 11) is 1.34. The summed E-state index contributed by atoms with van der Waals surface area (Å²) in [5.41, 5.74) is 2.07. The van der Waals surface area contributed by atoms with Crippen molar-refractivity contribution in [3.05, 3.63) is 58.0 Å². The Morgan fingerprint density at radius 3 is 2.86 bits per heavy atom. The summed E-state index contributed by atoms with van der Waals surface area (Å²) in [6.45, 7) is 4.15. The van der Waals surface area contributed by atoms with Crippen molar-refractivity contribution >= 4 is 45.6 Å². The number of nitrogens with zero attached hydrogens (tertiary/aromatic N) is 3. The van der Waals surface area contributed by atoms with Crippen LogP contribution in [0.15, 0.2) is 30.6 Å². The van der Waals surface area contributed by atoms with Crippen molar-refractivity contribution < 1.29 is 13.9 Å². The molecular formula is C18H18FN5O2S2. The molecule has 3 rings (SSSR count). The predicted octanol–water partition coefficient (Wildman–Crippen LogP) is 3.74. The Morgan fingerprint density at radius 2 is 2.14 bits per heavy atom. The smallest absolute Gasteiger partial charge is 0.341 e. The van der Waals surface area contributed by atoms with Gasteiger partial charge in [0.05, 0.1) is 19.2 Å². The molecule has 0 aliphatic carbocycles. The number of hydrogen-bond acceptors (Lipinski definition) is 6. The highest BCUT2D eigenvalue weighted by atomic mass is 32.1. The zero-order valence-corrected chi connectivity index (χ0v) is 17.1. The lowest BCUT2D eigenvalue weighted by molar-refractivity contribution is 0.0601. The summed E-state index contributed by atoms with van der Waals surface area (Å²) in [6, 6.07) is 6.28. The van der Waals surface area contributed by atoms with Gasteiger partial charge in [0.2, 0.25) is 5.95 Å². The number of halogens is 1. The van der Waals surface area contributed by atoms with E-state index in [2.05, 4.69) is 20.7 Å². The number of carbonyl (C=O) groups is 1. The summed E-state index contributed by atoms with van der Waals surface area (Å²) in [5, 5.41) is 11.0. The quantitative estimate of drug-likeness (QED) is 0.482. The first kappa shape index (κ1) is 19.9. The third-order valence-corrected chi connectivity index (χ3v) is 5.32. The number of benzene rings is 1. The van der Waals surface area contributed by atoms with E-state index in [1.54, 1.807) is 16.8 Å². The summed E-state index contributed by atoms with van der Waals surface area (Å²) < 4.78 is 19.7. The lowest BCUT2D eigenvalue weighted by atomic mass is 10.1. The molecule has 0 atom stereocenters. The molecule has 0 fully saturated rings. The van der Waals surface area contributed by atoms with Gasteiger partial charge in [0.25, 0.3) is 0 Å². The maximum absolute atomic E-state index is 13.3. The molecule has 2 aromatic heterocycles. The molecule has 0 saturated heterocycles. The molecule has 10 heteroatoms. The highest BCUT2D eigenvalue weighted by molar-refractivity contribution is 7.80. The fourth-order valence-corrected chi connectivity index (χ4v) is 3.86. The fourth-order valence-electron chi connectivity index (χ4n) is 2.55. The topological polar surface area (TPSA) is 81.1 Å². The Labute approximate surface area is 170 Å². The number of methoxy groups -OCH3 is 1. The van der Waals surface area contributed by atoms with E-state index in [-0.39, 0.29) is 10.9 Å². The second kappa shape index (κ2) is 8.44. The van der Waals surface area contributed by atoms with Gasteiger partial charge < -0.3 is 10.1 Å². The van der Waals surface area contributed by atoms with E-state index in [0.29, 0.717) is 23.1 Å². The molecule has 28 heavy (non-hydrogen) atoms. The number of hydrogen-bond donors (Lipinski definition) is 2. The number of aryl methyl sites for hydroxylation is 1. The molecule has 2 heterocycles. The second-order valence-electron chi connectivity index (χ2n) is 5.95. The van der Waals surface area contributed by atoms with Gasteiger partial charge in [-0.2, -0.15) is 0 Å². The maximum Gasteiger partial charge on any atom is 0.341 e.